The second-order valence-corrected chi connectivity index (χ2v) is 6.18. The molecule has 2 aromatic rings. The van der Waals surface area contributed by atoms with Crippen molar-refractivity contribution in [2.24, 2.45) is 0 Å². The minimum Gasteiger partial charge on any atom is -0.394 e. The van der Waals surface area contributed by atoms with Crippen molar-refractivity contribution in [2.75, 3.05) is 6.61 Å². The van der Waals surface area contributed by atoms with Crippen LogP contribution in [0.4, 0.5) is 0 Å². The van der Waals surface area contributed by atoms with Gasteiger partial charge >= 0.3 is 0 Å². The summed E-state index contributed by atoms with van der Waals surface area (Å²) in [5, 5.41) is 13.1. The number of aryl methyl sites for hydroxylation is 1. The van der Waals surface area contributed by atoms with E-state index < -0.39 is 10.0 Å². The number of hydrogen-bond donors (Lipinski definition) is 2. The van der Waals surface area contributed by atoms with Crippen LogP contribution in [0.2, 0.25) is 0 Å². The molecule has 0 unspecified atom stereocenters. The quantitative estimate of drug-likeness (QED) is 0.762. The highest BCUT2D eigenvalue weighted by molar-refractivity contribution is 7.89. The molecule has 0 saturated carbocycles. The van der Waals surface area contributed by atoms with Crippen molar-refractivity contribution in [3.63, 3.8) is 0 Å². The van der Waals surface area contributed by atoms with Crippen LogP contribution >= 0.6 is 0 Å². The van der Waals surface area contributed by atoms with Crippen molar-refractivity contribution in [3.8, 4) is 0 Å². The van der Waals surface area contributed by atoms with Crippen molar-refractivity contribution in [3.05, 3.63) is 35.7 Å². The molecule has 8 nitrogen and oxygen atoms in total. The monoisotopic (exact) mass is 311 g/mol. The molecule has 0 fully saturated rings. The van der Waals surface area contributed by atoms with E-state index in [4.69, 9.17) is 5.11 Å². The lowest BCUT2D eigenvalue weighted by atomic mass is 10.4. The molecule has 0 aliphatic rings. The van der Waals surface area contributed by atoms with Gasteiger partial charge in [-0.3, -0.25) is 4.68 Å². The number of aliphatic hydroxyl groups excluding tert-OH is 1. The molecule has 0 saturated heterocycles. The molecule has 21 heavy (non-hydrogen) atoms. The molecule has 0 aromatic carbocycles. The molecule has 0 radical (unpaired) electrons. The van der Waals surface area contributed by atoms with Gasteiger partial charge in [0.05, 0.1) is 36.8 Å². The van der Waals surface area contributed by atoms with Crippen molar-refractivity contribution in [1.29, 1.82) is 0 Å². The largest absolute Gasteiger partial charge is 0.394 e. The van der Waals surface area contributed by atoms with E-state index in [9.17, 15) is 8.42 Å². The van der Waals surface area contributed by atoms with E-state index >= 15 is 0 Å². The molecular weight excluding hydrogens is 294 g/mol. The Morgan fingerprint density at radius 2 is 2.14 bits per heavy atom. The number of aliphatic hydroxyl groups is 1. The zero-order valence-electron chi connectivity index (χ0n) is 11.8. The van der Waals surface area contributed by atoms with Gasteiger partial charge in [-0.2, -0.15) is 5.10 Å². The van der Waals surface area contributed by atoms with Crippen LogP contribution in [0, 0.1) is 13.8 Å². The van der Waals surface area contributed by atoms with E-state index in [0.29, 0.717) is 17.1 Å². The van der Waals surface area contributed by atoms with Crippen LogP contribution < -0.4 is 4.72 Å². The van der Waals surface area contributed by atoms with Crippen LogP contribution in [0.15, 0.2) is 23.5 Å². The maximum absolute atomic E-state index is 12.4. The van der Waals surface area contributed by atoms with E-state index in [2.05, 4.69) is 19.8 Å². The average molecular weight is 311 g/mol. The summed E-state index contributed by atoms with van der Waals surface area (Å²) in [6.07, 6.45) is 2.91. The molecule has 2 rings (SSSR count). The SMILES string of the molecule is Cc1nn(CCO)c(C)c1S(=O)(=O)NCc1ccncn1. The lowest BCUT2D eigenvalue weighted by Gasteiger charge is -2.07. The Kier molecular flexibility index (Phi) is 4.66. The highest BCUT2D eigenvalue weighted by Gasteiger charge is 2.24. The first-order chi connectivity index (χ1) is 9.95. The maximum Gasteiger partial charge on any atom is 0.244 e. The molecule has 9 heteroatoms. The first kappa shape index (κ1) is 15.5. The van der Waals surface area contributed by atoms with Crippen molar-refractivity contribution >= 4 is 10.0 Å². The van der Waals surface area contributed by atoms with Gasteiger partial charge in [-0.05, 0) is 19.9 Å². The zero-order chi connectivity index (χ0) is 15.5. The molecule has 114 valence electrons. The Morgan fingerprint density at radius 3 is 2.76 bits per heavy atom. The highest BCUT2D eigenvalue weighted by Crippen LogP contribution is 2.19. The molecule has 0 atom stereocenters. The topological polar surface area (TPSA) is 110 Å². The first-order valence-corrected chi connectivity index (χ1v) is 7.83. The summed E-state index contributed by atoms with van der Waals surface area (Å²) in [7, 11) is -3.69. The van der Waals surface area contributed by atoms with Crippen LogP contribution in [0.5, 0.6) is 0 Å². The molecule has 0 aliphatic heterocycles. The summed E-state index contributed by atoms with van der Waals surface area (Å²) < 4.78 is 28.8. The summed E-state index contributed by atoms with van der Waals surface area (Å²) in [4.78, 5) is 7.88. The van der Waals surface area contributed by atoms with Crippen LogP contribution in [-0.4, -0.2) is 39.9 Å². The average Bonchev–Trinajstić information content (AvgIpc) is 2.73. The zero-order valence-corrected chi connectivity index (χ0v) is 12.6. The number of hydrogen-bond acceptors (Lipinski definition) is 6. The van der Waals surface area contributed by atoms with E-state index in [-0.39, 0.29) is 24.6 Å². The Hall–Kier alpha value is -1.84. The van der Waals surface area contributed by atoms with E-state index in [1.54, 1.807) is 26.1 Å². The van der Waals surface area contributed by atoms with Crippen LogP contribution in [-0.2, 0) is 23.1 Å². The Morgan fingerprint density at radius 1 is 1.38 bits per heavy atom. The number of aromatic nitrogens is 4. The molecule has 0 bridgehead atoms. The Bertz CT molecular complexity index is 712. The normalized spacial score (nSPS) is 11.8. The van der Waals surface area contributed by atoms with Gasteiger partial charge in [0, 0.05) is 6.20 Å². The van der Waals surface area contributed by atoms with Gasteiger partial charge in [-0.25, -0.2) is 23.1 Å². The number of sulfonamides is 1. The summed E-state index contributed by atoms with van der Waals surface area (Å²) in [6, 6.07) is 1.64. The second-order valence-electron chi connectivity index (χ2n) is 4.47. The first-order valence-electron chi connectivity index (χ1n) is 6.35. The standard InChI is InChI=1S/C12H17N5O3S/c1-9-12(10(2)17(16-9)5-6-18)21(19,20)15-7-11-3-4-13-8-14-11/h3-4,8,15,18H,5-7H2,1-2H3. The van der Waals surface area contributed by atoms with Crippen molar-refractivity contribution in [1.82, 2.24) is 24.5 Å². The molecule has 2 N–H and O–H groups in total. The minimum absolute atomic E-state index is 0.0783. The maximum atomic E-state index is 12.4. The van der Waals surface area contributed by atoms with Crippen LogP contribution in [0.3, 0.4) is 0 Å². The molecule has 0 aliphatic carbocycles. The highest BCUT2D eigenvalue weighted by atomic mass is 32.2. The summed E-state index contributed by atoms with van der Waals surface area (Å²) in [5.74, 6) is 0. The smallest absolute Gasteiger partial charge is 0.244 e. The summed E-state index contributed by atoms with van der Waals surface area (Å²) in [5.41, 5.74) is 1.47. The van der Waals surface area contributed by atoms with Crippen molar-refractivity contribution < 1.29 is 13.5 Å². The number of nitrogens with one attached hydrogen (secondary N) is 1. The van der Waals surface area contributed by atoms with Crippen molar-refractivity contribution in [2.45, 2.75) is 31.8 Å². The van der Waals surface area contributed by atoms with Gasteiger partial charge < -0.3 is 5.11 Å². The van der Waals surface area contributed by atoms with E-state index in [0.717, 1.165) is 0 Å². The van der Waals surface area contributed by atoms with Crippen LogP contribution in [0.25, 0.3) is 0 Å². The Labute approximate surface area is 122 Å². The van der Waals surface area contributed by atoms with Gasteiger partial charge in [0.25, 0.3) is 0 Å². The Balaban J connectivity index is 2.24. The molecule has 2 aromatic heterocycles. The lowest BCUT2D eigenvalue weighted by molar-refractivity contribution is 0.267. The summed E-state index contributed by atoms with van der Waals surface area (Å²) in [6.45, 7) is 3.52. The van der Waals surface area contributed by atoms with Gasteiger partial charge in [0.15, 0.2) is 0 Å². The third kappa shape index (κ3) is 3.43. The number of nitrogens with zero attached hydrogens (tertiary/aromatic N) is 4. The molecule has 0 spiro atoms. The minimum atomic E-state index is -3.69. The van der Waals surface area contributed by atoms with Gasteiger partial charge in [0.1, 0.15) is 11.2 Å². The predicted octanol–water partition coefficient (Wildman–Crippen LogP) is -0.239. The molecular formula is C12H17N5O3S. The van der Waals surface area contributed by atoms with Gasteiger partial charge in [0.2, 0.25) is 10.0 Å². The molecule has 2 heterocycles. The van der Waals surface area contributed by atoms with E-state index in [1.807, 2.05) is 0 Å². The van der Waals surface area contributed by atoms with Gasteiger partial charge in [-0.15, -0.1) is 0 Å². The van der Waals surface area contributed by atoms with Gasteiger partial charge in [-0.1, -0.05) is 0 Å². The van der Waals surface area contributed by atoms with Crippen LogP contribution in [0.1, 0.15) is 17.1 Å². The fourth-order valence-electron chi connectivity index (χ4n) is 2.05. The number of rotatable bonds is 6. The summed E-state index contributed by atoms with van der Waals surface area (Å²) >= 11 is 0. The van der Waals surface area contributed by atoms with E-state index in [1.165, 1.54) is 11.0 Å². The fourth-order valence-corrected chi connectivity index (χ4v) is 3.45. The third-order valence-electron chi connectivity index (χ3n) is 2.98. The fraction of sp³-hybridized carbons (Fsp3) is 0.417. The predicted molar refractivity (Wildman–Crippen MR) is 74.8 cm³/mol. The third-order valence-corrected chi connectivity index (χ3v) is 4.63. The molecule has 0 amide bonds. The second kappa shape index (κ2) is 6.29. The lowest BCUT2D eigenvalue weighted by Crippen LogP contribution is -2.25.